The molecule has 1 aromatic carbocycles. The Balaban J connectivity index is 1.44. The highest BCUT2D eigenvalue weighted by Crippen LogP contribution is 2.38. The average Bonchev–Trinajstić information content (AvgIpc) is 3.54. The van der Waals surface area contributed by atoms with E-state index < -0.39 is 12.5 Å². The van der Waals surface area contributed by atoms with Crippen molar-refractivity contribution in [2.75, 3.05) is 37.7 Å². The largest absolute Gasteiger partial charge is 0.434 e. The Kier molecular flexibility index (Phi) is 8.83. The zero-order valence-electron chi connectivity index (χ0n) is 22.8. The molecule has 0 unspecified atom stereocenters. The number of fused-ring (bicyclic) bond motifs is 1. The smallest absolute Gasteiger partial charge is 0.387 e. The van der Waals surface area contributed by atoms with E-state index in [-0.39, 0.29) is 56.7 Å². The topological polar surface area (TPSA) is 145 Å². The number of amides is 2. The number of nitrogens with two attached hydrogens (primary N) is 1. The molecule has 3 aromatic heterocycles. The zero-order valence-corrected chi connectivity index (χ0v) is 23.5. The van der Waals surface area contributed by atoms with Crippen LogP contribution in [0.3, 0.4) is 0 Å². The van der Waals surface area contributed by atoms with Crippen LogP contribution in [0.2, 0.25) is 5.02 Å². The summed E-state index contributed by atoms with van der Waals surface area (Å²) < 4.78 is 34.5. The Morgan fingerprint density at radius 1 is 1.24 bits per heavy atom. The number of likely N-dealkylation sites (tertiary alicyclic amines) is 1. The third-order valence-electron chi connectivity index (χ3n) is 7.13. The molecule has 1 aliphatic heterocycles. The van der Waals surface area contributed by atoms with Gasteiger partial charge in [0.05, 0.1) is 11.7 Å². The van der Waals surface area contributed by atoms with Crippen LogP contribution in [0.25, 0.3) is 16.9 Å². The summed E-state index contributed by atoms with van der Waals surface area (Å²) in [7, 11) is 1.62. The number of piperidine rings is 1. The summed E-state index contributed by atoms with van der Waals surface area (Å²) in [6.07, 6.45) is 7.55. The van der Waals surface area contributed by atoms with E-state index >= 15 is 0 Å². The van der Waals surface area contributed by atoms with Gasteiger partial charge in [0, 0.05) is 55.7 Å². The number of rotatable bonds is 10. The molecule has 0 aliphatic carbocycles. The van der Waals surface area contributed by atoms with E-state index in [4.69, 9.17) is 27.2 Å². The molecule has 222 valence electrons. The SMILES string of the molecule is CNC(=O)CCCN1CCC(n2cc(NC(=O)c3c(N)nn4cccnc34)c(-c3cc(Cl)ccc3OC(F)F)n2)CC1. The van der Waals surface area contributed by atoms with Crippen LogP contribution in [0.1, 0.15) is 42.1 Å². The lowest BCUT2D eigenvalue weighted by atomic mass is 10.0. The second-order valence-corrected chi connectivity index (χ2v) is 10.3. The number of ether oxygens (including phenoxy) is 1. The first-order chi connectivity index (χ1) is 20.2. The third kappa shape index (κ3) is 6.44. The highest BCUT2D eigenvalue weighted by molar-refractivity contribution is 6.31. The first-order valence-electron chi connectivity index (χ1n) is 13.4. The number of nitrogens with one attached hydrogen (secondary N) is 2. The number of benzene rings is 1. The monoisotopic (exact) mass is 601 g/mol. The highest BCUT2D eigenvalue weighted by Gasteiger charge is 2.27. The van der Waals surface area contributed by atoms with Gasteiger partial charge in [-0.05, 0) is 50.1 Å². The van der Waals surface area contributed by atoms with E-state index in [1.165, 1.54) is 28.9 Å². The Hall–Kier alpha value is -4.30. The number of aromatic nitrogens is 5. The van der Waals surface area contributed by atoms with E-state index in [2.05, 4.69) is 25.6 Å². The fraction of sp³-hybridized carbons (Fsp3) is 0.370. The molecule has 5 rings (SSSR count). The average molecular weight is 602 g/mol. The van der Waals surface area contributed by atoms with Crippen molar-refractivity contribution in [2.45, 2.75) is 38.3 Å². The lowest BCUT2D eigenvalue weighted by Crippen LogP contribution is -2.35. The van der Waals surface area contributed by atoms with Gasteiger partial charge < -0.3 is 26.0 Å². The van der Waals surface area contributed by atoms with Gasteiger partial charge in [0.1, 0.15) is 17.0 Å². The second-order valence-electron chi connectivity index (χ2n) is 9.84. The quantitative estimate of drug-likeness (QED) is 0.249. The second kappa shape index (κ2) is 12.7. The van der Waals surface area contributed by atoms with E-state index in [9.17, 15) is 18.4 Å². The number of hydrogen-bond donors (Lipinski definition) is 3. The predicted molar refractivity (Wildman–Crippen MR) is 153 cm³/mol. The molecular formula is C27H30ClF2N9O3. The molecule has 15 heteroatoms. The van der Waals surface area contributed by atoms with Gasteiger partial charge in [0.25, 0.3) is 5.91 Å². The minimum Gasteiger partial charge on any atom is -0.434 e. The minimum atomic E-state index is -3.08. The summed E-state index contributed by atoms with van der Waals surface area (Å²) >= 11 is 6.24. The lowest BCUT2D eigenvalue weighted by molar-refractivity contribution is -0.120. The van der Waals surface area contributed by atoms with Gasteiger partial charge >= 0.3 is 6.61 Å². The van der Waals surface area contributed by atoms with Gasteiger partial charge in [0.2, 0.25) is 5.91 Å². The molecule has 0 spiro atoms. The van der Waals surface area contributed by atoms with Crippen molar-refractivity contribution in [3.63, 3.8) is 0 Å². The Morgan fingerprint density at radius 3 is 2.76 bits per heavy atom. The molecule has 0 bridgehead atoms. The molecule has 4 heterocycles. The minimum absolute atomic E-state index is 0.0152. The van der Waals surface area contributed by atoms with E-state index in [1.54, 1.807) is 30.2 Å². The van der Waals surface area contributed by atoms with E-state index in [0.29, 0.717) is 6.42 Å². The molecular weight excluding hydrogens is 572 g/mol. The first-order valence-corrected chi connectivity index (χ1v) is 13.8. The van der Waals surface area contributed by atoms with Crippen LogP contribution in [0, 0.1) is 0 Å². The fourth-order valence-electron chi connectivity index (χ4n) is 5.06. The number of halogens is 3. The van der Waals surface area contributed by atoms with Gasteiger partial charge in [-0.3, -0.25) is 14.3 Å². The molecule has 1 aliphatic rings. The number of carbonyl (C=O) groups excluding carboxylic acids is 2. The van der Waals surface area contributed by atoms with Crippen LogP contribution < -0.4 is 21.1 Å². The lowest BCUT2D eigenvalue weighted by Gasteiger charge is -2.32. The number of nitrogens with zero attached hydrogens (tertiary/aromatic N) is 6. The van der Waals surface area contributed by atoms with Crippen molar-refractivity contribution in [1.29, 1.82) is 0 Å². The summed E-state index contributed by atoms with van der Waals surface area (Å²) in [4.78, 5) is 31.5. The van der Waals surface area contributed by atoms with Gasteiger partial charge in [0.15, 0.2) is 11.5 Å². The molecule has 4 N–H and O–H groups in total. The molecule has 1 saturated heterocycles. The Labute approximate surface area is 244 Å². The maximum absolute atomic E-state index is 13.5. The molecule has 4 aromatic rings. The van der Waals surface area contributed by atoms with Gasteiger partial charge in [-0.1, -0.05) is 11.6 Å². The highest BCUT2D eigenvalue weighted by atomic mass is 35.5. The van der Waals surface area contributed by atoms with E-state index in [0.717, 1.165) is 38.9 Å². The van der Waals surface area contributed by atoms with Crippen molar-refractivity contribution in [2.24, 2.45) is 0 Å². The number of hydrogen-bond acceptors (Lipinski definition) is 8. The molecule has 0 radical (unpaired) electrons. The summed E-state index contributed by atoms with van der Waals surface area (Å²) in [5, 5.41) is 14.6. The van der Waals surface area contributed by atoms with Crippen molar-refractivity contribution >= 4 is 40.6 Å². The normalized spacial score (nSPS) is 14.4. The van der Waals surface area contributed by atoms with Crippen LogP contribution in [0.5, 0.6) is 5.75 Å². The molecule has 0 atom stereocenters. The number of anilines is 2. The number of alkyl halides is 2. The van der Waals surface area contributed by atoms with Crippen LogP contribution >= 0.6 is 11.6 Å². The molecule has 1 fully saturated rings. The summed E-state index contributed by atoms with van der Waals surface area (Å²) in [5.41, 5.74) is 7.02. The van der Waals surface area contributed by atoms with E-state index in [1.807, 2.05) is 0 Å². The Bertz CT molecular complexity index is 1580. The maximum atomic E-state index is 13.5. The van der Waals surface area contributed by atoms with Crippen LogP contribution in [0.15, 0.2) is 42.9 Å². The molecule has 12 nitrogen and oxygen atoms in total. The number of nitrogen functional groups attached to an aromatic ring is 1. The standard InChI is InChI=1S/C27H30ClF2N9O3/c1-32-21(40)4-2-10-37-12-7-17(8-13-37)39-15-19(23(35-39)18-14-16(28)5-6-20(18)42-27(29)30)34-26(41)22-24(31)36-38-11-3-9-33-25(22)38/h3,5-6,9,11,14-15,17,27H,2,4,7-8,10,12-13H2,1H3,(H2,31,36)(H,32,40)(H,34,41). The van der Waals surface area contributed by atoms with Crippen molar-refractivity contribution < 1.29 is 23.1 Å². The predicted octanol–water partition coefficient (Wildman–Crippen LogP) is 3.85. The van der Waals surface area contributed by atoms with Gasteiger partial charge in [-0.15, -0.1) is 5.10 Å². The van der Waals surface area contributed by atoms with Crippen molar-refractivity contribution in [3.8, 4) is 17.0 Å². The summed E-state index contributed by atoms with van der Waals surface area (Å²) in [6.45, 7) is -0.701. The maximum Gasteiger partial charge on any atom is 0.387 e. The molecule has 42 heavy (non-hydrogen) atoms. The molecule has 2 amide bonds. The molecule has 0 saturated carbocycles. The fourth-order valence-corrected chi connectivity index (χ4v) is 5.23. The first kappa shape index (κ1) is 29.2. The zero-order chi connectivity index (χ0) is 29.8. The van der Waals surface area contributed by atoms with Crippen molar-refractivity contribution in [1.82, 2.24) is 34.6 Å². The summed E-state index contributed by atoms with van der Waals surface area (Å²) in [5.74, 6) is -0.737. The van der Waals surface area contributed by atoms with Crippen LogP contribution in [0.4, 0.5) is 20.3 Å². The van der Waals surface area contributed by atoms with Crippen molar-refractivity contribution in [3.05, 3.63) is 53.4 Å². The number of carbonyl (C=O) groups is 2. The Morgan fingerprint density at radius 2 is 2.02 bits per heavy atom. The summed E-state index contributed by atoms with van der Waals surface area (Å²) in [6, 6.07) is 5.86. The van der Waals surface area contributed by atoms with Crippen LogP contribution in [-0.4, -0.2) is 74.4 Å². The van der Waals surface area contributed by atoms with Gasteiger partial charge in [-0.25, -0.2) is 9.50 Å². The van der Waals surface area contributed by atoms with Gasteiger partial charge in [-0.2, -0.15) is 13.9 Å². The third-order valence-corrected chi connectivity index (χ3v) is 7.37. The van der Waals surface area contributed by atoms with Crippen LogP contribution in [-0.2, 0) is 4.79 Å².